The second-order valence-corrected chi connectivity index (χ2v) is 9.51. The van der Waals surface area contributed by atoms with Crippen LogP contribution in [0.5, 0.6) is 0 Å². The van der Waals surface area contributed by atoms with Crippen LogP contribution >= 0.6 is 0 Å². The van der Waals surface area contributed by atoms with E-state index in [4.69, 9.17) is 0 Å². The monoisotopic (exact) mass is 452 g/mol. The molecule has 3 aromatic heterocycles. The van der Waals surface area contributed by atoms with E-state index in [9.17, 15) is 0 Å². The van der Waals surface area contributed by atoms with Crippen molar-refractivity contribution in [3.8, 4) is 16.9 Å². The number of fused-ring (bicyclic) bond motifs is 5. The minimum atomic E-state index is 1.21. The Morgan fingerprint density at radius 3 is 2.00 bits per heavy atom. The molecule has 0 saturated heterocycles. The average molecular weight is 453 g/mol. The maximum absolute atomic E-state index is 2.44. The summed E-state index contributed by atoms with van der Waals surface area (Å²) in [7, 11) is 4.30. The van der Waals surface area contributed by atoms with E-state index in [0.29, 0.717) is 0 Å². The van der Waals surface area contributed by atoms with Crippen molar-refractivity contribution in [3.05, 3.63) is 109 Å². The van der Waals surface area contributed by atoms with Crippen LogP contribution in [-0.4, -0.2) is 9.13 Å². The summed E-state index contributed by atoms with van der Waals surface area (Å²) in [5.41, 5.74) is 9.88. The number of benzene rings is 4. The van der Waals surface area contributed by atoms with Gasteiger partial charge in [-0.3, -0.25) is 0 Å². The van der Waals surface area contributed by atoms with Gasteiger partial charge in [-0.15, -0.1) is 0 Å². The molecular weight excluding hydrogens is 426 g/mol. The lowest BCUT2D eigenvalue weighted by molar-refractivity contribution is -0.633. The number of para-hydroxylation sites is 3. The van der Waals surface area contributed by atoms with Gasteiger partial charge in [0.05, 0.1) is 27.7 Å². The fraction of sp³-hybridized carbons (Fsp3) is 0.0938. The van der Waals surface area contributed by atoms with Gasteiger partial charge in [-0.25, -0.2) is 0 Å². The van der Waals surface area contributed by atoms with E-state index in [2.05, 4.69) is 138 Å². The summed E-state index contributed by atoms with van der Waals surface area (Å²) >= 11 is 0. The van der Waals surface area contributed by atoms with Crippen LogP contribution in [0.3, 0.4) is 0 Å². The smallest absolute Gasteiger partial charge is 0.215 e. The minimum absolute atomic E-state index is 1.21. The SMILES string of the molecule is Cc1cc2ccn(C)c2cc1-c1cc(-n2c3ccccc3c3ccccc32)c2ccccc2[n+]1C. The lowest BCUT2D eigenvalue weighted by Gasteiger charge is -2.14. The van der Waals surface area contributed by atoms with Gasteiger partial charge in [0.2, 0.25) is 11.2 Å². The molecule has 0 aliphatic rings. The summed E-state index contributed by atoms with van der Waals surface area (Å²) in [5, 5.41) is 5.08. The third kappa shape index (κ3) is 2.82. The summed E-state index contributed by atoms with van der Waals surface area (Å²) < 4.78 is 6.98. The lowest BCUT2D eigenvalue weighted by atomic mass is 10.0. The van der Waals surface area contributed by atoms with Crippen LogP contribution in [0.4, 0.5) is 0 Å². The van der Waals surface area contributed by atoms with Crippen molar-refractivity contribution in [2.75, 3.05) is 0 Å². The minimum Gasteiger partial charge on any atom is -0.351 e. The summed E-state index contributed by atoms with van der Waals surface area (Å²) in [6, 6.07) is 35.4. The number of hydrogen-bond donors (Lipinski definition) is 0. The van der Waals surface area contributed by atoms with Crippen LogP contribution in [0.25, 0.3) is 60.6 Å². The molecule has 0 aliphatic carbocycles. The first kappa shape index (κ1) is 20.0. The maximum atomic E-state index is 2.44. The highest BCUT2D eigenvalue weighted by Gasteiger charge is 2.23. The summed E-state index contributed by atoms with van der Waals surface area (Å²) in [6.07, 6.45) is 2.14. The number of aryl methyl sites for hydroxylation is 3. The van der Waals surface area contributed by atoms with Gasteiger partial charge in [-0.1, -0.05) is 48.5 Å². The Labute approximate surface area is 204 Å². The van der Waals surface area contributed by atoms with Crippen molar-refractivity contribution in [1.29, 1.82) is 0 Å². The van der Waals surface area contributed by atoms with Crippen LogP contribution in [0.1, 0.15) is 5.56 Å². The van der Waals surface area contributed by atoms with Crippen molar-refractivity contribution in [2.45, 2.75) is 6.92 Å². The Morgan fingerprint density at radius 1 is 0.657 bits per heavy atom. The van der Waals surface area contributed by atoms with Gasteiger partial charge in [-0.2, -0.15) is 4.57 Å². The molecule has 0 saturated carbocycles. The highest BCUT2D eigenvalue weighted by atomic mass is 15.0. The zero-order valence-corrected chi connectivity index (χ0v) is 20.2. The third-order valence-electron chi connectivity index (χ3n) is 7.50. The highest BCUT2D eigenvalue weighted by molar-refractivity contribution is 6.10. The number of hydrogen-bond acceptors (Lipinski definition) is 0. The van der Waals surface area contributed by atoms with Gasteiger partial charge in [-0.05, 0) is 54.3 Å². The fourth-order valence-electron chi connectivity index (χ4n) is 5.75. The first-order valence-corrected chi connectivity index (χ1v) is 12.1. The Kier molecular flexibility index (Phi) is 4.19. The molecule has 0 unspecified atom stereocenters. The van der Waals surface area contributed by atoms with E-state index in [-0.39, 0.29) is 0 Å². The predicted octanol–water partition coefficient (Wildman–Crippen LogP) is 7.23. The lowest BCUT2D eigenvalue weighted by Crippen LogP contribution is -2.32. The molecular formula is C32H26N3+. The quantitative estimate of drug-likeness (QED) is 0.246. The van der Waals surface area contributed by atoms with Crippen LogP contribution in [0.2, 0.25) is 0 Å². The molecule has 0 N–H and O–H groups in total. The van der Waals surface area contributed by atoms with E-state index >= 15 is 0 Å². The molecule has 168 valence electrons. The Hall–Kier alpha value is -4.37. The van der Waals surface area contributed by atoms with E-state index in [1.54, 1.807) is 0 Å². The van der Waals surface area contributed by atoms with Crippen molar-refractivity contribution in [2.24, 2.45) is 14.1 Å². The molecule has 0 amide bonds. The van der Waals surface area contributed by atoms with Crippen LogP contribution in [-0.2, 0) is 14.1 Å². The largest absolute Gasteiger partial charge is 0.351 e. The summed E-state index contributed by atoms with van der Waals surface area (Å²) in [6.45, 7) is 2.22. The molecule has 3 nitrogen and oxygen atoms in total. The van der Waals surface area contributed by atoms with Crippen LogP contribution in [0.15, 0.2) is 103 Å². The second kappa shape index (κ2) is 7.31. The van der Waals surface area contributed by atoms with Gasteiger partial charge in [0.1, 0.15) is 7.05 Å². The molecule has 0 fully saturated rings. The average Bonchev–Trinajstić information content (AvgIpc) is 3.42. The number of rotatable bonds is 2. The normalized spacial score (nSPS) is 11.9. The maximum Gasteiger partial charge on any atom is 0.215 e. The first-order valence-electron chi connectivity index (χ1n) is 12.1. The zero-order chi connectivity index (χ0) is 23.7. The van der Waals surface area contributed by atoms with Crippen molar-refractivity contribution >= 4 is 43.6 Å². The Morgan fingerprint density at radius 2 is 1.29 bits per heavy atom. The third-order valence-corrected chi connectivity index (χ3v) is 7.50. The topological polar surface area (TPSA) is 13.7 Å². The van der Waals surface area contributed by atoms with E-state index < -0.39 is 0 Å². The highest BCUT2D eigenvalue weighted by Crippen LogP contribution is 2.36. The van der Waals surface area contributed by atoms with E-state index in [0.717, 1.165) is 0 Å². The molecule has 0 atom stereocenters. The predicted molar refractivity (Wildman–Crippen MR) is 146 cm³/mol. The molecule has 35 heavy (non-hydrogen) atoms. The van der Waals surface area contributed by atoms with Crippen LogP contribution < -0.4 is 4.57 Å². The molecule has 7 aromatic rings. The fourth-order valence-corrected chi connectivity index (χ4v) is 5.75. The molecule has 3 heteroatoms. The molecule has 0 bridgehead atoms. The molecule has 0 radical (unpaired) electrons. The van der Waals surface area contributed by atoms with E-state index in [1.807, 2.05) is 0 Å². The number of pyridine rings is 1. The van der Waals surface area contributed by atoms with Crippen molar-refractivity contribution in [3.63, 3.8) is 0 Å². The molecule has 0 aliphatic heterocycles. The van der Waals surface area contributed by atoms with Gasteiger partial charge in [0.15, 0.2) is 0 Å². The van der Waals surface area contributed by atoms with Gasteiger partial charge >= 0.3 is 0 Å². The van der Waals surface area contributed by atoms with Gasteiger partial charge in [0, 0.05) is 41.7 Å². The van der Waals surface area contributed by atoms with Crippen LogP contribution in [0, 0.1) is 6.92 Å². The standard InChI is InChI=1S/C32H26N3/c1-21-18-22-16-17-33(2)30(22)19-26(21)31-20-32(25-12-6-7-13-27(25)34(31)3)35-28-14-8-4-10-23(28)24-11-5-9-15-29(24)35/h4-20H,1-3H3/q+1. The van der Waals surface area contributed by atoms with Crippen molar-refractivity contribution in [1.82, 2.24) is 9.13 Å². The zero-order valence-electron chi connectivity index (χ0n) is 20.2. The Bertz CT molecular complexity index is 1880. The number of aromatic nitrogens is 3. The molecule has 4 aromatic carbocycles. The first-order chi connectivity index (χ1) is 17.1. The Balaban J connectivity index is 1.64. The molecule has 3 heterocycles. The van der Waals surface area contributed by atoms with Gasteiger partial charge < -0.3 is 9.13 Å². The summed E-state index contributed by atoms with van der Waals surface area (Å²) in [4.78, 5) is 0. The molecule has 0 spiro atoms. The van der Waals surface area contributed by atoms with Crippen molar-refractivity contribution < 1.29 is 4.57 Å². The van der Waals surface area contributed by atoms with Gasteiger partial charge in [0.25, 0.3) is 0 Å². The summed E-state index contributed by atoms with van der Waals surface area (Å²) in [5.74, 6) is 0. The number of nitrogens with zero attached hydrogens (tertiary/aromatic N) is 3. The second-order valence-electron chi connectivity index (χ2n) is 9.51. The molecule has 7 rings (SSSR count). The van der Waals surface area contributed by atoms with E-state index in [1.165, 1.54) is 66.1 Å².